The highest BCUT2D eigenvalue weighted by atomic mass is 79.9. The van der Waals surface area contributed by atoms with Crippen molar-refractivity contribution in [2.45, 2.75) is 29.7 Å². The summed E-state index contributed by atoms with van der Waals surface area (Å²) >= 11 is 3.63. The number of hydrogen-bond donors (Lipinski definition) is 1. The van der Waals surface area contributed by atoms with Crippen LogP contribution in [-0.4, -0.2) is 42.7 Å². The molecule has 4 aliphatic rings. The average molecular weight is 380 g/mol. The predicted molar refractivity (Wildman–Crippen MR) is 87.0 cm³/mol. The lowest BCUT2D eigenvalue weighted by Crippen LogP contribution is -2.38. The summed E-state index contributed by atoms with van der Waals surface area (Å²) in [6.07, 6.45) is 5.99. The second kappa shape index (κ2) is 5.05. The van der Waals surface area contributed by atoms with Gasteiger partial charge in [-0.25, -0.2) is 0 Å². The number of methoxy groups -OCH3 is 1. The molecule has 6 heteroatoms. The summed E-state index contributed by atoms with van der Waals surface area (Å²) in [5.74, 6) is 1.48. The summed E-state index contributed by atoms with van der Waals surface area (Å²) < 4.78 is 11.0. The number of allylic oxidation sites excluding steroid dienone is 3. The molecule has 3 unspecified atom stereocenters. The van der Waals surface area contributed by atoms with Gasteiger partial charge in [0.25, 0.3) is 0 Å². The molecule has 1 spiro atoms. The molecule has 5 nitrogen and oxygen atoms in total. The van der Waals surface area contributed by atoms with Gasteiger partial charge < -0.3 is 19.6 Å². The van der Waals surface area contributed by atoms with E-state index in [4.69, 9.17) is 9.47 Å². The van der Waals surface area contributed by atoms with E-state index in [9.17, 15) is 9.59 Å². The van der Waals surface area contributed by atoms with E-state index in [0.717, 1.165) is 36.2 Å². The Morgan fingerprint density at radius 2 is 2.35 bits per heavy atom. The van der Waals surface area contributed by atoms with Crippen LogP contribution in [0.25, 0.3) is 0 Å². The maximum atomic E-state index is 11.9. The van der Waals surface area contributed by atoms with Crippen LogP contribution in [0.5, 0.6) is 0 Å². The van der Waals surface area contributed by atoms with Crippen molar-refractivity contribution in [1.82, 2.24) is 5.32 Å². The summed E-state index contributed by atoms with van der Waals surface area (Å²) in [4.78, 5) is 23.7. The van der Waals surface area contributed by atoms with Crippen molar-refractivity contribution in [2.24, 2.45) is 5.41 Å². The van der Waals surface area contributed by atoms with Gasteiger partial charge in [0.15, 0.2) is 11.5 Å². The van der Waals surface area contributed by atoms with Gasteiger partial charge >= 0.3 is 0 Å². The number of halogens is 1. The number of ether oxygens (including phenoxy) is 2. The molecule has 0 amide bonds. The third kappa shape index (κ3) is 1.94. The van der Waals surface area contributed by atoms with E-state index in [1.807, 2.05) is 6.08 Å². The van der Waals surface area contributed by atoms with Gasteiger partial charge in [0, 0.05) is 25.0 Å². The molecule has 4 rings (SSSR count). The highest BCUT2D eigenvalue weighted by Gasteiger charge is 2.58. The first-order chi connectivity index (χ1) is 11.0. The summed E-state index contributed by atoms with van der Waals surface area (Å²) in [6, 6.07) is 0. The van der Waals surface area contributed by atoms with E-state index < -0.39 is 4.32 Å². The SMILES string of the molecule is COC1=C2OC3CC(=O)C=CC34CCNCC(=C24)C(Br)(C=O)C1. The summed E-state index contributed by atoms with van der Waals surface area (Å²) in [5.41, 5.74) is 1.68. The van der Waals surface area contributed by atoms with Crippen molar-refractivity contribution < 1.29 is 19.1 Å². The fraction of sp³-hybridized carbons (Fsp3) is 0.529. The molecule has 1 fully saturated rings. The fourth-order valence-electron chi connectivity index (χ4n) is 4.23. The van der Waals surface area contributed by atoms with Gasteiger partial charge in [-0.05, 0) is 24.6 Å². The van der Waals surface area contributed by atoms with Crippen LogP contribution in [0, 0.1) is 5.41 Å². The van der Waals surface area contributed by atoms with Gasteiger partial charge in [0.05, 0.1) is 12.5 Å². The van der Waals surface area contributed by atoms with E-state index in [2.05, 4.69) is 21.2 Å². The third-order valence-electron chi connectivity index (χ3n) is 5.41. The van der Waals surface area contributed by atoms with Crippen LogP contribution in [0.4, 0.5) is 0 Å². The number of aldehydes is 1. The fourth-order valence-corrected chi connectivity index (χ4v) is 4.82. The quantitative estimate of drug-likeness (QED) is 0.585. The van der Waals surface area contributed by atoms with E-state index in [0.29, 0.717) is 25.1 Å². The molecule has 1 N–H and O–H groups in total. The molecule has 3 atom stereocenters. The molecular weight excluding hydrogens is 362 g/mol. The smallest absolute Gasteiger partial charge is 0.161 e. The first-order valence-corrected chi connectivity index (χ1v) is 8.60. The maximum absolute atomic E-state index is 11.9. The number of alkyl halides is 1. The van der Waals surface area contributed by atoms with Crippen molar-refractivity contribution in [2.75, 3.05) is 20.2 Å². The Bertz CT molecular complexity index is 695. The molecular formula is C17H18BrNO4. The zero-order valence-electron chi connectivity index (χ0n) is 12.9. The van der Waals surface area contributed by atoms with Crippen LogP contribution in [0.3, 0.4) is 0 Å². The second-order valence-electron chi connectivity index (χ2n) is 6.54. The van der Waals surface area contributed by atoms with Crippen LogP contribution < -0.4 is 5.32 Å². The Morgan fingerprint density at radius 1 is 1.52 bits per heavy atom. The molecule has 0 bridgehead atoms. The largest absolute Gasteiger partial charge is 0.497 e. The van der Waals surface area contributed by atoms with E-state index in [1.54, 1.807) is 13.2 Å². The minimum Gasteiger partial charge on any atom is -0.497 e. The number of ketones is 1. The molecule has 2 aliphatic heterocycles. The maximum Gasteiger partial charge on any atom is 0.161 e. The number of carbonyl (C=O) groups is 2. The topological polar surface area (TPSA) is 64.6 Å². The standard InChI is InChI=1S/C17H18BrNO4/c1-22-12-7-17(18,9-20)11-8-19-5-4-16-3-2-10(21)6-13(16)23-15(12)14(11)16/h2-3,9,13,19H,4-8H2,1H3. The van der Waals surface area contributed by atoms with Gasteiger partial charge in [0.1, 0.15) is 22.5 Å². The van der Waals surface area contributed by atoms with Crippen LogP contribution in [-0.2, 0) is 19.1 Å². The van der Waals surface area contributed by atoms with Crippen LogP contribution >= 0.6 is 15.9 Å². The first kappa shape index (κ1) is 15.1. The minimum atomic E-state index is -0.783. The average Bonchev–Trinajstić information content (AvgIpc) is 2.74. The molecule has 1 saturated heterocycles. The minimum absolute atomic E-state index is 0.0821. The van der Waals surface area contributed by atoms with Crippen molar-refractivity contribution in [3.05, 3.63) is 34.8 Å². The lowest BCUT2D eigenvalue weighted by Gasteiger charge is -2.36. The number of carbonyl (C=O) groups excluding carboxylic acids is 2. The van der Waals surface area contributed by atoms with E-state index in [1.165, 1.54) is 0 Å². The Morgan fingerprint density at radius 3 is 3.09 bits per heavy atom. The zero-order chi connectivity index (χ0) is 16.2. The predicted octanol–water partition coefficient (Wildman–Crippen LogP) is 1.78. The molecule has 0 aromatic heterocycles. The molecule has 23 heavy (non-hydrogen) atoms. The molecule has 2 heterocycles. The zero-order valence-corrected chi connectivity index (χ0v) is 14.4. The van der Waals surface area contributed by atoms with E-state index in [-0.39, 0.29) is 17.3 Å². The second-order valence-corrected chi connectivity index (χ2v) is 7.96. The molecule has 0 saturated carbocycles. The molecule has 0 aromatic rings. The Hall–Kier alpha value is -1.40. The Balaban J connectivity index is 2.01. The molecule has 2 aliphatic carbocycles. The summed E-state index contributed by atoms with van der Waals surface area (Å²) in [6.45, 7) is 1.43. The number of hydrogen-bond acceptors (Lipinski definition) is 5. The van der Waals surface area contributed by atoms with Crippen molar-refractivity contribution in [1.29, 1.82) is 0 Å². The Kier molecular flexibility index (Phi) is 3.32. The highest BCUT2D eigenvalue weighted by Crippen LogP contribution is 2.59. The van der Waals surface area contributed by atoms with Gasteiger partial charge in [0.2, 0.25) is 0 Å². The lowest BCUT2D eigenvalue weighted by atomic mass is 9.66. The van der Waals surface area contributed by atoms with Gasteiger partial charge in [-0.15, -0.1) is 0 Å². The number of nitrogens with one attached hydrogen (secondary N) is 1. The summed E-state index contributed by atoms with van der Waals surface area (Å²) in [5, 5.41) is 3.41. The van der Waals surface area contributed by atoms with Crippen LogP contribution in [0.15, 0.2) is 34.8 Å². The molecule has 122 valence electrons. The summed E-state index contributed by atoms with van der Waals surface area (Å²) in [7, 11) is 1.60. The monoisotopic (exact) mass is 379 g/mol. The van der Waals surface area contributed by atoms with Gasteiger partial charge in [-0.2, -0.15) is 0 Å². The van der Waals surface area contributed by atoms with Crippen LogP contribution in [0.1, 0.15) is 19.3 Å². The number of rotatable bonds is 2. The highest BCUT2D eigenvalue weighted by molar-refractivity contribution is 9.10. The van der Waals surface area contributed by atoms with Crippen molar-refractivity contribution in [3.63, 3.8) is 0 Å². The van der Waals surface area contributed by atoms with Gasteiger partial charge in [-0.1, -0.05) is 22.0 Å². The van der Waals surface area contributed by atoms with Gasteiger partial charge in [-0.3, -0.25) is 4.79 Å². The lowest BCUT2D eigenvalue weighted by molar-refractivity contribution is -0.118. The molecule has 0 radical (unpaired) electrons. The van der Waals surface area contributed by atoms with E-state index >= 15 is 0 Å². The first-order valence-electron chi connectivity index (χ1n) is 7.80. The third-order valence-corrected chi connectivity index (χ3v) is 6.35. The van der Waals surface area contributed by atoms with Crippen LogP contribution in [0.2, 0.25) is 0 Å². The molecule has 0 aromatic carbocycles. The Labute approximate surface area is 142 Å². The van der Waals surface area contributed by atoms with Crippen molar-refractivity contribution >= 4 is 28.0 Å². The van der Waals surface area contributed by atoms with Crippen molar-refractivity contribution in [3.8, 4) is 0 Å². The normalized spacial score (nSPS) is 38.7.